The van der Waals surface area contributed by atoms with Gasteiger partial charge in [-0.3, -0.25) is 4.79 Å². The summed E-state index contributed by atoms with van der Waals surface area (Å²) >= 11 is 0. The first-order chi connectivity index (χ1) is 10.2. The van der Waals surface area contributed by atoms with Crippen molar-refractivity contribution in [3.05, 3.63) is 65.2 Å². The van der Waals surface area contributed by atoms with Crippen molar-refractivity contribution in [1.29, 1.82) is 0 Å². The summed E-state index contributed by atoms with van der Waals surface area (Å²) in [4.78, 5) is 11.1. The van der Waals surface area contributed by atoms with E-state index in [9.17, 15) is 4.79 Å². The number of hydrogen-bond donors (Lipinski definition) is 1. The van der Waals surface area contributed by atoms with Crippen LogP contribution in [-0.2, 0) is 24.2 Å². The van der Waals surface area contributed by atoms with Gasteiger partial charge in [-0.25, -0.2) is 0 Å². The zero-order chi connectivity index (χ0) is 14.7. The minimum atomic E-state index is -0.690. The molecule has 0 spiro atoms. The monoisotopic (exact) mass is 282 g/mol. The molecule has 0 fully saturated rings. The van der Waals surface area contributed by atoms with E-state index in [0.29, 0.717) is 19.4 Å². The number of benzene rings is 2. The van der Waals surface area contributed by atoms with Crippen LogP contribution < -0.4 is 4.74 Å². The molecule has 1 N–H and O–H groups in total. The van der Waals surface area contributed by atoms with Crippen LogP contribution in [0.2, 0.25) is 0 Å². The van der Waals surface area contributed by atoms with Crippen molar-refractivity contribution in [2.24, 2.45) is 5.92 Å². The van der Waals surface area contributed by atoms with Crippen LogP contribution in [-0.4, -0.2) is 11.1 Å². The lowest BCUT2D eigenvalue weighted by molar-refractivity contribution is -0.142. The van der Waals surface area contributed by atoms with Gasteiger partial charge in [0.2, 0.25) is 0 Å². The molecule has 0 saturated carbocycles. The number of ether oxygens (including phenoxy) is 1. The Kier molecular flexibility index (Phi) is 3.91. The van der Waals surface area contributed by atoms with Gasteiger partial charge in [0.15, 0.2) is 0 Å². The third kappa shape index (κ3) is 3.24. The second-order valence-corrected chi connectivity index (χ2v) is 5.48. The van der Waals surface area contributed by atoms with Crippen LogP contribution in [0.4, 0.5) is 0 Å². The molecular formula is C18H18O3. The number of carbonyl (C=O) groups is 1. The van der Waals surface area contributed by atoms with Gasteiger partial charge in [-0.15, -0.1) is 0 Å². The standard InChI is InChI=1S/C18H18O3/c19-18(20)16-7-6-15-11-17(9-8-14(15)10-16)21-12-13-4-2-1-3-5-13/h1-5,8-9,11,16H,6-7,10,12H2,(H,19,20). The molecule has 0 radical (unpaired) electrons. The quantitative estimate of drug-likeness (QED) is 0.934. The van der Waals surface area contributed by atoms with Crippen LogP contribution in [0.1, 0.15) is 23.1 Å². The molecule has 2 aromatic rings. The first kappa shape index (κ1) is 13.7. The first-order valence-electron chi connectivity index (χ1n) is 7.24. The molecule has 108 valence electrons. The van der Waals surface area contributed by atoms with Crippen LogP contribution in [0.5, 0.6) is 5.75 Å². The number of hydrogen-bond acceptors (Lipinski definition) is 2. The Balaban J connectivity index is 1.68. The third-order valence-corrected chi connectivity index (χ3v) is 4.00. The number of fused-ring (bicyclic) bond motifs is 1. The average Bonchev–Trinajstić information content (AvgIpc) is 2.53. The van der Waals surface area contributed by atoms with E-state index in [1.807, 2.05) is 42.5 Å². The van der Waals surface area contributed by atoms with Gasteiger partial charge in [-0.1, -0.05) is 36.4 Å². The Morgan fingerprint density at radius 3 is 2.71 bits per heavy atom. The second-order valence-electron chi connectivity index (χ2n) is 5.48. The molecule has 1 aliphatic rings. The molecule has 0 amide bonds. The Bertz CT molecular complexity index is 634. The van der Waals surface area contributed by atoms with Crippen molar-refractivity contribution < 1.29 is 14.6 Å². The van der Waals surface area contributed by atoms with Crippen molar-refractivity contribution >= 4 is 5.97 Å². The Labute approximate surface area is 124 Å². The molecule has 1 aliphatic carbocycles. The molecule has 3 rings (SSSR count). The van der Waals surface area contributed by atoms with Crippen LogP contribution in [0.15, 0.2) is 48.5 Å². The van der Waals surface area contributed by atoms with E-state index in [4.69, 9.17) is 9.84 Å². The van der Waals surface area contributed by atoms with E-state index in [1.165, 1.54) is 5.56 Å². The maximum atomic E-state index is 11.1. The summed E-state index contributed by atoms with van der Waals surface area (Å²) in [5.74, 6) is -0.0787. The first-order valence-corrected chi connectivity index (χ1v) is 7.24. The maximum Gasteiger partial charge on any atom is 0.306 e. The van der Waals surface area contributed by atoms with Gasteiger partial charge in [0.1, 0.15) is 12.4 Å². The highest BCUT2D eigenvalue weighted by atomic mass is 16.5. The molecule has 3 heteroatoms. The van der Waals surface area contributed by atoms with Gasteiger partial charge < -0.3 is 9.84 Å². The van der Waals surface area contributed by atoms with Crippen molar-refractivity contribution in [1.82, 2.24) is 0 Å². The van der Waals surface area contributed by atoms with Gasteiger partial charge in [0.05, 0.1) is 5.92 Å². The lowest BCUT2D eigenvalue weighted by Gasteiger charge is -2.22. The van der Waals surface area contributed by atoms with Crippen LogP contribution in [0.25, 0.3) is 0 Å². The van der Waals surface area contributed by atoms with Gasteiger partial charge in [0, 0.05) is 0 Å². The molecular weight excluding hydrogens is 264 g/mol. The summed E-state index contributed by atoms with van der Waals surface area (Å²) in [6, 6.07) is 16.1. The van der Waals surface area contributed by atoms with Crippen molar-refractivity contribution in [3.8, 4) is 5.75 Å². The highest BCUT2D eigenvalue weighted by molar-refractivity contribution is 5.71. The maximum absolute atomic E-state index is 11.1. The van der Waals surface area contributed by atoms with Gasteiger partial charge in [0.25, 0.3) is 0 Å². The highest BCUT2D eigenvalue weighted by Gasteiger charge is 2.24. The summed E-state index contributed by atoms with van der Waals surface area (Å²) in [7, 11) is 0. The molecule has 0 aromatic heterocycles. The molecule has 0 bridgehead atoms. The van der Waals surface area contributed by atoms with E-state index < -0.39 is 5.97 Å². The summed E-state index contributed by atoms with van der Waals surface area (Å²) in [6.45, 7) is 0.553. The predicted molar refractivity (Wildman–Crippen MR) is 80.4 cm³/mol. The van der Waals surface area contributed by atoms with Crippen LogP contribution >= 0.6 is 0 Å². The van der Waals surface area contributed by atoms with Crippen molar-refractivity contribution in [2.45, 2.75) is 25.9 Å². The van der Waals surface area contributed by atoms with Gasteiger partial charge in [-0.2, -0.15) is 0 Å². The van der Waals surface area contributed by atoms with Gasteiger partial charge >= 0.3 is 5.97 Å². The summed E-state index contributed by atoms with van der Waals surface area (Å²) in [5, 5.41) is 9.10. The van der Waals surface area contributed by atoms with Crippen LogP contribution in [0, 0.1) is 5.92 Å². The number of carboxylic acids is 1. The lowest BCUT2D eigenvalue weighted by atomic mass is 9.84. The van der Waals surface area contributed by atoms with Crippen LogP contribution in [0.3, 0.4) is 0 Å². The van der Waals surface area contributed by atoms with Crippen molar-refractivity contribution in [3.63, 3.8) is 0 Å². The Morgan fingerprint density at radius 1 is 1.14 bits per heavy atom. The smallest absolute Gasteiger partial charge is 0.306 e. The number of aryl methyl sites for hydroxylation is 1. The number of aliphatic carboxylic acids is 1. The fraction of sp³-hybridized carbons (Fsp3) is 0.278. The molecule has 21 heavy (non-hydrogen) atoms. The van der Waals surface area contributed by atoms with Crippen molar-refractivity contribution in [2.75, 3.05) is 0 Å². The molecule has 1 atom stereocenters. The largest absolute Gasteiger partial charge is 0.489 e. The van der Waals surface area contributed by atoms with E-state index >= 15 is 0 Å². The highest BCUT2D eigenvalue weighted by Crippen LogP contribution is 2.29. The fourth-order valence-electron chi connectivity index (χ4n) is 2.77. The molecule has 2 aromatic carbocycles. The molecule has 1 unspecified atom stereocenters. The Hall–Kier alpha value is -2.29. The summed E-state index contributed by atoms with van der Waals surface area (Å²) in [6.07, 6.45) is 2.16. The third-order valence-electron chi connectivity index (χ3n) is 4.00. The SMILES string of the molecule is O=C(O)C1CCc2cc(OCc3ccccc3)ccc2C1. The lowest BCUT2D eigenvalue weighted by Crippen LogP contribution is -2.22. The number of rotatable bonds is 4. The zero-order valence-electron chi connectivity index (χ0n) is 11.8. The van der Waals surface area contributed by atoms with E-state index in [-0.39, 0.29) is 5.92 Å². The minimum Gasteiger partial charge on any atom is -0.489 e. The topological polar surface area (TPSA) is 46.5 Å². The van der Waals surface area contributed by atoms with E-state index in [1.54, 1.807) is 0 Å². The van der Waals surface area contributed by atoms with Gasteiger partial charge in [-0.05, 0) is 48.1 Å². The normalized spacial score (nSPS) is 17.0. The predicted octanol–water partition coefficient (Wildman–Crippen LogP) is 3.46. The number of carboxylic acid groups (broad SMARTS) is 1. The summed E-state index contributed by atoms with van der Waals surface area (Å²) in [5.41, 5.74) is 3.50. The molecule has 0 saturated heterocycles. The average molecular weight is 282 g/mol. The zero-order valence-corrected chi connectivity index (χ0v) is 11.8. The molecule has 0 heterocycles. The molecule has 3 nitrogen and oxygen atoms in total. The van der Waals surface area contributed by atoms with E-state index in [0.717, 1.165) is 23.3 Å². The Morgan fingerprint density at radius 2 is 1.95 bits per heavy atom. The minimum absolute atomic E-state index is 0.242. The molecule has 0 aliphatic heterocycles. The second kappa shape index (κ2) is 6.00. The van der Waals surface area contributed by atoms with E-state index in [2.05, 4.69) is 6.07 Å². The summed E-state index contributed by atoms with van der Waals surface area (Å²) < 4.78 is 5.82. The fourth-order valence-corrected chi connectivity index (χ4v) is 2.77.